The van der Waals surface area contributed by atoms with E-state index in [0.717, 1.165) is 4.90 Å². The Balaban J connectivity index is 1.58. The first-order valence-electron chi connectivity index (χ1n) is 9.35. The van der Waals surface area contributed by atoms with E-state index in [1.165, 1.54) is 6.07 Å². The highest BCUT2D eigenvalue weighted by Gasteiger charge is 2.37. The van der Waals surface area contributed by atoms with Gasteiger partial charge in [0, 0.05) is 23.2 Å². The number of carboxylic acid groups (broad SMARTS) is 1. The number of nitrogens with zero attached hydrogens (tertiary/aromatic N) is 3. The summed E-state index contributed by atoms with van der Waals surface area (Å²) < 4.78 is 49.6. The molecule has 1 aromatic carbocycles. The minimum absolute atomic E-state index is 0.0374. The number of hydrogen-bond acceptors (Lipinski definition) is 7. The lowest BCUT2D eigenvalue weighted by Gasteiger charge is -2.36. The maximum Gasteiger partial charge on any atom is 0.522 e. The van der Waals surface area contributed by atoms with Crippen molar-refractivity contribution < 1.29 is 41.8 Å². The fourth-order valence-corrected chi connectivity index (χ4v) is 3.35. The molecule has 14 heteroatoms. The van der Waals surface area contributed by atoms with Crippen molar-refractivity contribution in [3.8, 4) is 6.08 Å². The molecule has 3 rings (SSSR count). The van der Waals surface area contributed by atoms with Gasteiger partial charge >= 0.3 is 18.5 Å². The average molecular weight is 479 g/mol. The van der Waals surface area contributed by atoms with Crippen molar-refractivity contribution in [2.75, 3.05) is 19.8 Å². The van der Waals surface area contributed by atoms with Crippen LogP contribution in [0.4, 0.5) is 18.0 Å². The molecule has 174 valence electrons. The lowest BCUT2D eigenvalue weighted by atomic mass is 9.98. The Bertz CT molecular complexity index is 957. The van der Waals surface area contributed by atoms with Gasteiger partial charge in [-0.15, -0.1) is 18.3 Å². The fourth-order valence-electron chi connectivity index (χ4n) is 3.16. The van der Waals surface area contributed by atoms with E-state index in [0.29, 0.717) is 17.0 Å². The van der Waals surface area contributed by atoms with E-state index in [2.05, 4.69) is 20.3 Å². The molecule has 1 aromatic heterocycles. The molecule has 32 heavy (non-hydrogen) atoms. The molecule has 1 saturated heterocycles. The number of carbonyl (C=O) groups is 2. The number of likely N-dealkylation sites (tertiary alicyclic amines) is 1. The number of nitrogens with one attached hydrogen (secondary N) is 1. The van der Waals surface area contributed by atoms with E-state index in [1.807, 2.05) is 0 Å². The highest BCUT2D eigenvalue weighted by molar-refractivity contribution is 6.30. The van der Waals surface area contributed by atoms with Crippen LogP contribution in [0.25, 0.3) is 0 Å². The second kappa shape index (κ2) is 10.0. The topological polar surface area (TPSA) is 127 Å². The molecule has 0 radical (unpaired) electrons. The van der Waals surface area contributed by atoms with Crippen LogP contribution in [0.2, 0.25) is 5.02 Å². The number of rotatable bonds is 7. The molecule has 0 bridgehead atoms. The van der Waals surface area contributed by atoms with E-state index in [-0.39, 0.29) is 18.9 Å². The highest BCUT2D eigenvalue weighted by Crippen LogP contribution is 2.31. The van der Waals surface area contributed by atoms with Crippen LogP contribution in [0, 0.1) is 0 Å². The summed E-state index contributed by atoms with van der Waals surface area (Å²) in [5.74, 6) is -0.463. The van der Waals surface area contributed by atoms with Gasteiger partial charge in [-0.1, -0.05) is 22.8 Å². The summed E-state index contributed by atoms with van der Waals surface area (Å²) in [4.78, 5) is 25.2. The molecule has 0 aliphatic carbocycles. The zero-order valence-electron chi connectivity index (χ0n) is 16.3. The van der Waals surface area contributed by atoms with Gasteiger partial charge in [-0.05, 0) is 31.0 Å². The normalized spacial score (nSPS) is 18.9. The average Bonchev–Trinajstić information content (AvgIpc) is 3.19. The Morgan fingerprint density at radius 1 is 1.28 bits per heavy atom. The maximum absolute atomic E-state index is 12.4. The minimum atomic E-state index is -4.79. The van der Waals surface area contributed by atoms with Gasteiger partial charge in [0.15, 0.2) is 0 Å². The van der Waals surface area contributed by atoms with Crippen LogP contribution in [0.15, 0.2) is 28.7 Å². The predicted molar refractivity (Wildman–Crippen MR) is 101 cm³/mol. The molecule has 2 heterocycles. The maximum atomic E-state index is 12.4. The van der Waals surface area contributed by atoms with E-state index in [9.17, 15) is 27.9 Å². The quantitative estimate of drug-likeness (QED) is 0.580. The number of piperidine rings is 1. The smallest absolute Gasteiger partial charge is 0.465 e. The number of amides is 2. The zero-order valence-corrected chi connectivity index (χ0v) is 17.1. The summed E-state index contributed by atoms with van der Waals surface area (Å²) in [7, 11) is 0. The number of benzene rings is 1. The van der Waals surface area contributed by atoms with Gasteiger partial charge in [-0.3, -0.25) is 14.4 Å². The van der Waals surface area contributed by atoms with Gasteiger partial charge in [-0.2, -0.15) is 0 Å². The summed E-state index contributed by atoms with van der Waals surface area (Å²) in [6.45, 7) is -1.31. The molecule has 2 N–H and O–H groups in total. The Kier molecular flexibility index (Phi) is 7.40. The van der Waals surface area contributed by atoms with Crippen LogP contribution in [0.5, 0.6) is 6.08 Å². The number of ether oxygens (including phenoxy) is 2. The standard InChI is InChI=1S/C18H18ClF3N4O6/c19-11-3-1-2-10(8-11)14(27)23-12-4-5-13(26(9-12)17(28)29)15-24-25-16(32-15)30-6-7-31-18(20,21)22/h1-3,8,12-13H,4-7,9H2,(H,23,27)(H,28,29)/t12-,13+/m0/s1. The Morgan fingerprint density at radius 2 is 2.06 bits per heavy atom. The molecule has 2 atom stereocenters. The number of hydrogen-bond donors (Lipinski definition) is 2. The van der Waals surface area contributed by atoms with Crippen LogP contribution < -0.4 is 10.1 Å². The molecule has 1 aliphatic rings. The number of aromatic nitrogens is 2. The third-order valence-corrected chi connectivity index (χ3v) is 4.77. The SMILES string of the molecule is O=C(N[C@H]1CC[C@H](c2nnc(OCCOC(F)(F)F)o2)N(C(=O)O)C1)c1cccc(Cl)c1. The van der Waals surface area contributed by atoms with E-state index in [1.54, 1.807) is 18.2 Å². The Labute approximate surface area is 184 Å². The summed E-state index contributed by atoms with van der Waals surface area (Å²) >= 11 is 5.89. The minimum Gasteiger partial charge on any atom is -0.465 e. The molecule has 0 unspecified atom stereocenters. The molecular weight excluding hydrogens is 461 g/mol. The van der Waals surface area contributed by atoms with Crippen LogP contribution in [0.1, 0.15) is 35.1 Å². The summed E-state index contributed by atoms with van der Waals surface area (Å²) in [5.41, 5.74) is 0.342. The van der Waals surface area contributed by atoms with Crippen LogP contribution in [0.3, 0.4) is 0 Å². The first-order chi connectivity index (χ1) is 15.1. The van der Waals surface area contributed by atoms with Crippen LogP contribution in [-0.4, -0.2) is 64.4 Å². The predicted octanol–water partition coefficient (Wildman–Crippen LogP) is 3.25. The van der Waals surface area contributed by atoms with E-state index in [4.69, 9.17) is 20.8 Å². The van der Waals surface area contributed by atoms with Gasteiger partial charge in [0.25, 0.3) is 5.91 Å². The van der Waals surface area contributed by atoms with Crippen molar-refractivity contribution in [3.63, 3.8) is 0 Å². The van der Waals surface area contributed by atoms with Crippen molar-refractivity contribution >= 4 is 23.6 Å². The van der Waals surface area contributed by atoms with Crippen LogP contribution >= 0.6 is 11.6 Å². The highest BCUT2D eigenvalue weighted by atomic mass is 35.5. The largest absolute Gasteiger partial charge is 0.522 e. The number of halogens is 4. The Morgan fingerprint density at radius 3 is 2.75 bits per heavy atom. The van der Waals surface area contributed by atoms with Crippen molar-refractivity contribution in [1.82, 2.24) is 20.4 Å². The molecule has 0 spiro atoms. The molecule has 1 fully saturated rings. The fraction of sp³-hybridized carbons (Fsp3) is 0.444. The lowest BCUT2D eigenvalue weighted by molar-refractivity contribution is -0.325. The van der Waals surface area contributed by atoms with E-state index >= 15 is 0 Å². The van der Waals surface area contributed by atoms with E-state index < -0.39 is 49.7 Å². The molecule has 2 aromatic rings. The zero-order chi connectivity index (χ0) is 23.3. The second-order valence-electron chi connectivity index (χ2n) is 6.76. The number of alkyl halides is 3. The molecule has 1 aliphatic heterocycles. The van der Waals surface area contributed by atoms with Crippen LogP contribution in [-0.2, 0) is 4.74 Å². The molecular formula is C18H18ClF3N4O6. The summed E-state index contributed by atoms with van der Waals surface area (Å²) in [5, 5.41) is 20.0. The first kappa shape index (κ1) is 23.6. The third-order valence-electron chi connectivity index (χ3n) is 4.53. The van der Waals surface area contributed by atoms with Gasteiger partial charge in [0.1, 0.15) is 12.6 Å². The Hall–Kier alpha value is -3.06. The van der Waals surface area contributed by atoms with Crippen molar-refractivity contribution in [2.24, 2.45) is 0 Å². The summed E-state index contributed by atoms with van der Waals surface area (Å²) in [6.07, 6.45) is -5.79. The van der Waals surface area contributed by atoms with Crippen molar-refractivity contribution in [3.05, 3.63) is 40.7 Å². The molecule has 0 saturated carbocycles. The van der Waals surface area contributed by atoms with Gasteiger partial charge in [0.2, 0.25) is 5.89 Å². The second-order valence-corrected chi connectivity index (χ2v) is 7.19. The van der Waals surface area contributed by atoms with Gasteiger partial charge in [-0.25, -0.2) is 4.79 Å². The molecule has 2 amide bonds. The molecule has 10 nitrogen and oxygen atoms in total. The third kappa shape index (κ3) is 6.47. The van der Waals surface area contributed by atoms with Gasteiger partial charge in [0.05, 0.1) is 6.61 Å². The lowest BCUT2D eigenvalue weighted by Crippen LogP contribution is -2.50. The van der Waals surface area contributed by atoms with Gasteiger partial charge < -0.3 is 19.6 Å². The summed E-state index contributed by atoms with van der Waals surface area (Å²) in [6, 6.07) is 5.07. The van der Waals surface area contributed by atoms with Crippen molar-refractivity contribution in [2.45, 2.75) is 31.3 Å². The van der Waals surface area contributed by atoms with Crippen molar-refractivity contribution in [1.29, 1.82) is 0 Å². The monoisotopic (exact) mass is 478 g/mol. The number of carbonyl (C=O) groups excluding carboxylic acids is 1. The first-order valence-corrected chi connectivity index (χ1v) is 9.73.